The molecule has 2 atom stereocenters. The normalized spacial score (nSPS) is 24.0. The Labute approximate surface area is 98.2 Å². The third-order valence-electron chi connectivity index (χ3n) is 3.26. The Kier molecular flexibility index (Phi) is 6.23. The molecule has 1 saturated heterocycles. The van der Waals surface area contributed by atoms with Gasteiger partial charge in [0.2, 0.25) is 0 Å². The Bertz CT molecular complexity index is 192. The van der Waals surface area contributed by atoms with Crippen molar-refractivity contribution in [2.24, 2.45) is 5.73 Å². The first-order valence-electron chi connectivity index (χ1n) is 5.97. The fraction of sp³-hybridized carbons (Fsp3) is 1.00. The van der Waals surface area contributed by atoms with Crippen LogP contribution in [0, 0.1) is 0 Å². The summed E-state index contributed by atoms with van der Waals surface area (Å²) in [4.78, 5) is 4.60. The van der Waals surface area contributed by atoms with Gasteiger partial charge in [0, 0.05) is 26.2 Å². The molecule has 1 aliphatic heterocycles. The summed E-state index contributed by atoms with van der Waals surface area (Å²) in [5.74, 6) is 0. The molecular formula is C11H25N3O2. The Hall–Kier alpha value is -0.200. The van der Waals surface area contributed by atoms with Crippen molar-refractivity contribution in [2.75, 3.05) is 53.6 Å². The second kappa shape index (κ2) is 7.19. The molecule has 0 aromatic carbocycles. The second-order valence-electron chi connectivity index (χ2n) is 4.56. The van der Waals surface area contributed by atoms with Crippen molar-refractivity contribution in [1.29, 1.82) is 0 Å². The van der Waals surface area contributed by atoms with Crippen molar-refractivity contribution in [3.8, 4) is 0 Å². The molecule has 5 nitrogen and oxygen atoms in total. The van der Waals surface area contributed by atoms with Gasteiger partial charge in [-0.15, -0.1) is 0 Å². The highest BCUT2D eigenvalue weighted by Gasteiger charge is 2.25. The smallest absolute Gasteiger partial charge is 0.0629 e. The summed E-state index contributed by atoms with van der Waals surface area (Å²) < 4.78 is 5.06. The fourth-order valence-corrected chi connectivity index (χ4v) is 2.22. The molecular weight excluding hydrogens is 206 g/mol. The summed E-state index contributed by atoms with van der Waals surface area (Å²) >= 11 is 0. The van der Waals surface area contributed by atoms with Crippen LogP contribution in [0.3, 0.4) is 0 Å². The lowest BCUT2D eigenvalue weighted by molar-refractivity contribution is 0.0729. The topological polar surface area (TPSA) is 62.0 Å². The van der Waals surface area contributed by atoms with Crippen LogP contribution in [0.15, 0.2) is 0 Å². The zero-order valence-electron chi connectivity index (χ0n) is 10.4. The molecule has 0 radical (unpaired) electrons. The average molecular weight is 231 g/mol. The largest absolute Gasteiger partial charge is 0.395 e. The maximum absolute atomic E-state index is 9.44. The highest BCUT2D eigenvalue weighted by atomic mass is 16.5. The van der Waals surface area contributed by atoms with E-state index >= 15 is 0 Å². The van der Waals surface area contributed by atoms with E-state index in [4.69, 9.17) is 10.5 Å². The van der Waals surface area contributed by atoms with Gasteiger partial charge in [0.15, 0.2) is 0 Å². The molecule has 0 saturated carbocycles. The molecule has 1 fully saturated rings. The van der Waals surface area contributed by atoms with Gasteiger partial charge in [-0.3, -0.25) is 4.90 Å². The lowest BCUT2D eigenvalue weighted by atomic mass is 10.1. The highest BCUT2D eigenvalue weighted by molar-refractivity contribution is 4.83. The molecule has 3 N–H and O–H groups in total. The third-order valence-corrected chi connectivity index (χ3v) is 3.26. The van der Waals surface area contributed by atoms with Crippen LogP contribution < -0.4 is 5.73 Å². The number of likely N-dealkylation sites (N-methyl/N-ethyl adjacent to an activating group) is 1. The molecule has 1 aliphatic rings. The molecule has 96 valence electrons. The number of nitrogens with two attached hydrogens (primary N) is 1. The molecule has 2 unspecified atom stereocenters. The Balaban J connectivity index is 2.50. The lowest BCUT2D eigenvalue weighted by Gasteiger charge is -2.33. The van der Waals surface area contributed by atoms with Crippen molar-refractivity contribution in [3.05, 3.63) is 0 Å². The predicted octanol–water partition coefficient (Wildman–Crippen LogP) is -1.04. The van der Waals surface area contributed by atoms with E-state index in [1.54, 1.807) is 7.11 Å². The summed E-state index contributed by atoms with van der Waals surface area (Å²) in [6.45, 7) is 4.74. The van der Waals surface area contributed by atoms with E-state index < -0.39 is 0 Å². The maximum atomic E-state index is 9.44. The molecule has 0 aromatic rings. The van der Waals surface area contributed by atoms with Crippen LogP contribution in [0.2, 0.25) is 0 Å². The molecule has 1 rings (SSSR count). The summed E-state index contributed by atoms with van der Waals surface area (Å²) in [7, 11) is 3.77. The highest BCUT2D eigenvalue weighted by Crippen LogP contribution is 2.08. The van der Waals surface area contributed by atoms with Crippen LogP contribution >= 0.6 is 0 Å². The first-order chi connectivity index (χ1) is 7.69. The SMILES string of the molecule is COCC(N)C(CO)N1CCCN(C)CC1. The summed E-state index contributed by atoms with van der Waals surface area (Å²) in [5, 5.41) is 9.44. The van der Waals surface area contributed by atoms with Crippen LogP contribution in [0.25, 0.3) is 0 Å². The van der Waals surface area contributed by atoms with Crippen molar-refractivity contribution >= 4 is 0 Å². The van der Waals surface area contributed by atoms with Gasteiger partial charge in [-0.1, -0.05) is 0 Å². The second-order valence-corrected chi connectivity index (χ2v) is 4.56. The first-order valence-corrected chi connectivity index (χ1v) is 5.97. The van der Waals surface area contributed by atoms with Crippen molar-refractivity contribution in [3.63, 3.8) is 0 Å². The molecule has 5 heteroatoms. The van der Waals surface area contributed by atoms with Gasteiger partial charge in [0.25, 0.3) is 0 Å². The van der Waals surface area contributed by atoms with Gasteiger partial charge in [0.05, 0.1) is 19.3 Å². The third kappa shape index (κ3) is 3.99. The number of hydrogen-bond acceptors (Lipinski definition) is 5. The van der Waals surface area contributed by atoms with Crippen molar-refractivity contribution in [2.45, 2.75) is 18.5 Å². The number of aliphatic hydroxyl groups is 1. The monoisotopic (exact) mass is 231 g/mol. The van der Waals surface area contributed by atoms with E-state index in [1.807, 2.05) is 0 Å². The number of hydrogen-bond donors (Lipinski definition) is 2. The van der Waals surface area contributed by atoms with Crippen LogP contribution in [0.5, 0.6) is 0 Å². The minimum Gasteiger partial charge on any atom is -0.395 e. The maximum Gasteiger partial charge on any atom is 0.0629 e. The number of nitrogens with zero attached hydrogens (tertiary/aromatic N) is 2. The zero-order chi connectivity index (χ0) is 12.0. The molecule has 16 heavy (non-hydrogen) atoms. The summed E-state index contributed by atoms with van der Waals surface area (Å²) in [5.41, 5.74) is 6.02. The fourth-order valence-electron chi connectivity index (χ4n) is 2.22. The van der Waals surface area contributed by atoms with Gasteiger partial charge in [-0.25, -0.2) is 0 Å². The number of aliphatic hydroxyl groups excluding tert-OH is 1. The van der Waals surface area contributed by atoms with Gasteiger partial charge >= 0.3 is 0 Å². The van der Waals surface area contributed by atoms with E-state index in [0.29, 0.717) is 6.61 Å². The van der Waals surface area contributed by atoms with Crippen molar-refractivity contribution < 1.29 is 9.84 Å². The molecule has 0 bridgehead atoms. The van der Waals surface area contributed by atoms with E-state index in [1.165, 1.54) is 0 Å². The summed E-state index contributed by atoms with van der Waals surface area (Å²) in [6.07, 6.45) is 1.13. The number of methoxy groups -OCH3 is 1. The summed E-state index contributed by atoms with van der Waals surface area (Å²) in [6, 6.07) is -0.0927. The number of rotatable bonds is 5. The molecule has 0 aliphatic carbocycles. The quantitative estimate of drug-likeness (QED) is 0.633. The van der Waals surface area contributed by atoms with Crippen LogP contribution in [-0.2, 0) is 4.74 Å². The van der Waals surface area contributed by atoms with Crippen LogP contribution in [-0.4, -0.2) is 80.5 Å². The van der Waals surface area contributed by atoms with Gasteiger partial charge in [-0.2, -0.15) is 0 Å². The molecule has 0 amide bonds. The molecule has 0 spiro atoms. The standard InChI is InChI=1S/C11H25N3O2/c1-13-4-3-5-14(7-6-13)11(8-15)10(12)9-16-2/h10-11,15H,3-9,12H2,1-2H3. The van der Waals surface area contributed by atoms with Crippen LogP contribution in [0.1, 0.15) is 6.42 Å². The van der Waals surface area contributed by atoms with E-state index in [9.17, 15) is 5.11 Å². The molecule has 1 heterocycles. The van der Waals surface area contributed by atoms with E-state index in [0.717, 1.165) is 32.6 Å². The van der Waals surface area contributed by atoms with Crippen LogP contribution in [0.4, 0.5) is 0 Å². The molecule has 0 aromatic heterocycles. The number of ether oxygens (including phenoxy) is 1. The van der Waals surface area contributed by atoms with E-state index in [2.05, 4.69) is 16.8 Å². The Morgan fingerprint density at radius 2 is 2.06 bits per heavy atom. The Morgan fingerprint density at radius 1 is 1.31 bits per heavy atom. The average Bonchev–Trinajstić information content (AvgIpc) is 2.46. The van der Waals surface area contributed by atoms with Gasteiger partial charge < -0.3 is 20.5 Å². The predicted molar refractivity (Wildman–Crippen MR) is 64.4 cm³/mol. The first kappa shape index (κ1) is 13.9. The van der Waals surface area contributed by atoms with Crippen molar-refractivity contribution in [1.82, 2.24) is 9.80 Å². The van der Waals surface area contributed by atoms with Gasteiger partial charge in [0.1, 0.15) is 0 Å². The van der Waals surface area contributed by atoms with E-state index in [-0.39, 0.29) is 18.7 Å². The zero-order valence-corrected chi connectivity index (χ0v) is 10.4. The Morgan fingerprint density at radius 3 is 2.69 bits per heavy atom. The minimum absolute atomic E-state index is 0.0199. The van der Waals surface area contributed by atoms with Gasteiger partial charge in [-0.05, 0) is 26.6 Å². The minimum atomic E-state index is -0.113. The lowest BCUT2D eigenvalue weighted by Crippen LogP contribution is -2.53.